The minimum Gasteiger partial charge on any atom is -0.493 e. The first-order valence-corrected chi connectivity index (χ1v) is 16.5. The minimum atomic E-state index is -0.484. The number of nitrogens with one attached hydrogen (secondary N) is 1. The number of carbonyl (C=O) groups excluding carboxylic acids is 1. The van der Waals surface area contributed by atoms with Crippen molar-refractivity contribution < 1.29 is 33.2 Å². The number of hydrogen-bond acceptors (Lipinski definition) is 10. The van der Waals surface area contributed by atoms with Crippen molar-refractivity contribution in [2.45, 2.75) is 12.0 Å². The highest BCUT2D eigenvalue weighted by Crippen LogP contribution is 2.56. The van der Waals surface area contributed by atoms with Crippen LogP contribution >= 0.6 is 34.5 Å². The van der Waals surface area contributed by atoms with Crippen LogP contribution in [-0.2, 0) is 9.53 Å². The Balaban J connectivity index is 1.20. The molecule has 1 aliphatic carbocycles. The van der Waals surface area contributed by atoms with Crippen molar-refractivity contribution in [1.82, 2.24) is 4.98 Å². The van der Waals surface area contributed by atoms with E-state index >= 15 is 0 Å². The molecular weight excluding hydrogens is 663 g/mol. The summed E-state index contributed by atoms with van der Waals surface area (Å²) in [6.45, 7) is 0.397. The fourth-order valence-electron chi connectivity index (χ4n) is 7.00. The normalized spacial score (nSPS) is 20.8. The molecule has 47 heavy (non-hydrogen) atoms. The van der Waals surface area contributed by atoms with Gasteiger partial charge in [0.25, 0.3) is 0 Å². The average Bonchev–Trinajstić information content (AvgIpc) is 3.82. The van der Waals surface area contributed by atoms with Crippen molar-refractivity contribution in [1.29, 1.82) is 0 Å². The number of hydrogen-bond donors (Lipinski definition) is 1. The van der Waals surface area contributed by atoms with Crippen molar-refractivity contribution in [2.75, 3.05) is 40.0 Å². The van der Waals surface area contributed by atoms with Gasteiger partial charge in [-0.2, -0.15) is 0 Å². The second-order valence-electron chi connectivity index (χ2n) is 11.5. The predicted octanol–water partition coefficient (Wildman–Crippen LogP) is 8.11. The number of methoxy groups -OCH3 is 3. The van der Waals surface area contributed by atoms with E-state index in [1.807, 2.05) is 54.6 Å². The van der Waals surface area contributed by atoms with Gasteiger partial charge in [0.15, 0.2) is 23.0 Å². The third kappa shape index (κ3) is 4.97. The number of nitrogens with zero attached hydrogens (tertiary/aromatic N) is 1. The van der Waals surface area contributed by atoms with Gasteiger partial charge >= 0.3 is 5.97 Å². The molecule has 0 saturated carbocycles. The molecular formula is C35H28Cl2N2O7S. The largest absolute Gasteiger partial charge is 0.493 e. The highest BCUT2D eigenvalue weighted by molar-refractivity contribution is 7.21. The first-order valence-electron chi connectivity index (χ1n) is 14.9. The van der Waals surface area contributed by atoms with Crippen LogP contribution in [0.15, 0.2) is 60.7 Å². The number of benzene rings is 4. The topological polar surface area (TPSA) is 97.4 Å². The van der Waals surface area contributed by atoms with Gasteiger partial charge in [-0.15, -0.1) is 11.3 Å². The summed E-state index contributed by atoms with van der Waals surface area (Å²) in [6, 6.07) is 19.2. The Labute approximate surface area is 284 Å². The molecule has 1 fully saturated rings. The molecule has 1 aromatic heterocycles. The summed E-state index contributed by atoms with van der Waals surface area (Å²) in [7, 11) is 4.72. The number of anilines is 1. The molecule has 2 aliphatic heterocycles. The van der Waals surface area contributed by atoms with Crippen LogP contribution < -0.4 is 29.0 Å². The lowest BCUT2D eigenvalue weighted by molar-refractivity contribution is -0.141. The predicted molar refractivity (Wildman–Crippen MR) is 180 cm³/mol. The number of cyclic esters (lactones) is 1. The van der Waals surface area contributed by atoms with Crippen LogP contribution in [-0.4, -0.2) is 45.7 Å². The molecule has 12 heteroatoms. The highest BCUT2D eigenvalue weighted by Gasteiger charge is 2.52. The number of fused-ring (bicyclic) bond motifs is 4. The third-order valence-electron chi connectivity index (χ3n) is 9.10. The number of ether oxygens (including phenoxy) is 6. The molecule has 3 aliphatic rings. The van der Waals surface area contributed by atoms with E-state index in [0.29, 0.717) is 38.8 Å². The molecule has 0 spiro atoms. The Hall–Kier alpha value is -4.38. The molecule has 0 unspecified atom stereocenters. The first kappa shape index (κ1) is 30.0. The van der Waals surface area contributed by atoms with Crippen molar-refractivity contribution >= 4 is 56.4 Å². The van der Waals surface area contributed by atoms with E-state index in [9.17, 15) is 4.79 Å². The van der Waals surface area contributed by atoms with Crippen LogP contribution in [0.3, 0.4) is 0 Å². The SMILES string of the molecule is COc1cc([C@@H]2c3cc4c(cc3[C@@H](Nc3ccc(-c5nc6c(Cl)cc(Cl)cc6s5)cc3)[C@H]3COC(=O)[C@H]23)OCO4)cc(OC)c1OC. The van der Waals surface area contributed by atoms with Crippen LogP contribution in [0.2, 0.25) is 10.0 Å². The zero-order chi connectivity index (χ0) is 32.4. The fourth-order valence-corrected chi connectivity index (χ4v) is 8.69. The van der Waals surface area contributed by atoms with Gasteiger partial charge in [0.2, 0.25) is 12.5 Å². The monoisotopic (exact) mass is 690 g/mol. The van der Waals surface area contributed by atoms with Gasteiger partial charge in [0.05, 0.1) is 49.6 Å². The lowest BCUT2D eigenvalue weighted by atomic mass is 9.65. The minimum absolute atomic E-state index is 0.130. The summed E-state index contributed by atoms with van der Waals surface area (Å²) < 4.78 is 35.3. The van der Waals surface area contributed by atoms with Crippen molar-refractivity contribution in [2.24, 2.45) is 11.8 Å². The Morgan fingerprint density at radius 3 is 2.26 bits per heavy atom. The van der Waals surface area contributed by atoms with Gasteiger partial charge < -0.3 is 33.7 Å². The fraction of sp³-hybridized carbons (Fsp3) is 0.257. The Morgan fingerprint density at radius 1 is 0.872 bits per heavy atom. The zero-order valence-electron chi connectivity index (χ0n) is 25.5. The van der Waals surface area contributed by atoms with Gasteiger partial charge in [0.1, 0.15) is 10.5 Å². The van der Waals surface area contributed by atoms with E-state index in [1.165, 1.54) is 11.3 Å². The molecule has 4 aromatic carbocycles. The van der Waals surface area contributed by atoms with Crippen LogP contribution in [0.25, 0.3) is 20.8 Å². The lowest BCUT2D eigenvalue weighted by Gasteiger charge is -2.40. The van der Waals surface area contributed by atoms with Crippen molar-refractivity contribution in [3.05, 3.63) is 87.4 Å². The van der Waals surface area contributed by atoms with E-state index in [1.54, 1.807) is 27.4 Å². The standard InChI is InChI=1S/C35H28Cl2N2O7S/c1-41-26-8-17(9-27(42-2)33(26)43-3)29-20-12-24-25(46-15-45-24)13-21(20)31(22-14-44-35(40)30(22)29)38-19-6-4-16(5-7-19)34-39-32-23(37)10-18(36)11-28(32)47-34/h4-13,22,29-31,38H,14-15H2,1-3H3/t22-,29+,30-,31+/m0/s1. The van der Waals surface area contributed by atoms with Gasteiger partial charge in [-0.3, -0.25) is 4.79 Å². The number of carbonyl (C=O) groups is 1. The number of aromatic nitrogens is 1. The van der Waals surface area contributed by atoms with Crippen molar-refractivity contribution in [3.63, 3.8) is 0 Å². The van der Waals surface area contributed by atoms with E-state index in [0.717, 1.165) is 43.2 Å². The zero-order valence-corrected chi connectivity index (χ0v) is 27.8. The van der Waals surface area contributed by atoms with Gasteiger partial charge in [0, 0.05) is 28.1 Å². The maximum Gasteiger partial charge on any atom is 0.310 e. The van der Waals surface area contributed by atoms with Gasteiger partial charge in [-0.25, -0.2) is 4.98 Å². The Kier molecular flexibility index (Phi) is 7.46. The van der Waals surface area contributed by atoms with Crippen LogP contribution in [0, 0.1) is 11.8 Å². The Morgan fingerprint density at radius 2 is 1.57 bits per heavy atom. The number of thiazole rings is 1. The summed E-state index contributed by atoms with van der Waals surface area (Å²) in [5.74, 6) is 1.49. The van der Waals surface area contributed by atoms with Gasteiger partial charge in [-0.1, -0.05) is 23.2 Å². The quantitative estimate of drug-likeness (QED) is 0.170. The van der Waals surface area contributed by atoms with E-state index < -0.39 is 5.92 Å². The maximum atomic E-state index is 13.6. The molecule has 9 nitrogen and oxygen atoms in total. The molecule has 1 saturated heterocycles. The number of halogens is 2. The summed E-state index contributed by atoms with van der Waals surface area (Å²) in [4.78, 5) is 18.3. The second-order valence-corrected chi connectivity index (χ2v) is 13.4. The molecule has 4 atom stereocenters. The molecule has 0 bridgehead atoms. The van der Waals surface area contributed by atoms with E-state index in [4.69, 9.17) is 56.6 Å². The smallest absolute Gasteiger partial charge is 0.310 e. The Bertz CT molecular complexity index is 2030. The van der Waals surface area contributed by atoms with Crippen LogP contribution in [0.5, 0.6) is 28.7 Å². The van der Waals surface area contributed by atoms with Gasteiger partial charge in [-0.05, 0) is 77.4 Å². The molecule has 3 heterocycles. The van der Waals surface area contributed by atoms with Crippen LogP contribution in [0.4, 0.5) is 5.69 Å². The maximum absolute atomic E-state index is 13.6. The van der Waals surface area contributed by atoms with Crippen LogP contribution in [0.1, 0.15) is 28.7 Å². The van der Waals surface area contributed by atoms with E-state index in [-0.39, 0.29) is 37.2 Å². The highest BCUT2D eigenvalue weighted by atomic mass is 35.5. The summed E-state index contributed by atoms with van der Waals surface area (Å²) in [5, 5.41) is 5.67. The molecule has 5 aromatic rings. The molecule has 0 amide bonds. The average molecular weight is 692 g/mol. The number of esters is 1. The summed E-state index contributed by atoms with van der Waals surface area (Å²) in [6.07, 6.45) is 0. The lowest BCUT2D eigenvalue weighted by Crippen LogP contribution is -2.37. The molecule has 0 radical (unpaired) electrons. The summed E-state index contributed by atoms with van der Waals surface area (Å²) >= 11 is 14.2. The first-order chi connectivity index (χ1) is 22.9. The third-order valence-corrected chi connectivity index (χ3v) is 10.7. The van der Waals surface area contributed by atoms with Crippen molar-refractivity contribution in [3.8, 4) is 39.3 Å². The molecule has 240 valence electrons. The molecule has 1 N–H and O–H groups in total. The molecule has 8 rings (SSSR count). The second kappa shape index (κ2) is 11.7. The summed E-state index contributed by atoms with van der Waals surface area (Å²) in [5.41, 5.74) is 5.34. The number of rotatable bonds is 7. The van der Waals surface area contributed by atoms with E-state index in [2.05, 4.69) is 5.32 Å².